The number of ether oxygens (including phenoxy) is 2. The molecule has 0 spiro atoms. The molecule has 2 atom stereocenters. The molecular weight excluding hydrogens is 194 g/mol. The van der Waals surface area contributed by atoms with Crippen molar-refractivity contribution in [1.29, 1.82) is 0 Å². The molecule has 1 fully saturated rings. The number of nitrogens with zero attached hydrogens (tertiary/aromatic N) is 1. The van der Waals surface area contributed by atoms with Crippen molar-refractivity contribution in [1.82, 2.24) is 4.90 Å². The molecule has 4 nitrogen and oxygen atoms in total. The first-order valence-corrected chi connectivity index (χ1v) is 5.59. The highest BCUT2D eigenvalue weighted by Crippen LogP contribution is 2.14. The number of carbonyl (C=O) groups is 1. The number of rotatable bonds is 4. The SMILES string of the molecule is CCC1COC(C)CN1CCC(=O)OC. The first kappa shape index (κ1) is 12.5. The highest BCUT2D eigenvalue weighted by molar-refractivity contribution is 5.69. The molecule has 15 heavy (non-hydrogen) atoms. The van der Waals surface area contributed by atoms with Crippen molar-refractivity contribution < 1.29 is 14.3 Å². The van der Waals surface area contributed by atoms with Gasteiger partial charge in [-0.05, 0) is 13.3 Å². The molecule has 1 aliphatic heterocycles. The minimum Gasteiger partial charge on any atom is -0.469 e. The van der Waals surface area contributed by atoms with E-state index in [4.69, 9.17) is 4.74 Å². The van der Waals surface area contributed by atoms with Crippen LogP contribution in [0.2, 0.25) is 0 Å². The third-order valence-electron chi connectivity index (χ3n) is 2.88. The topological polar surface area (TPSA) is 38.8 Å². The van der Waals surface area contributed by atoms with Crippen molar-refractivity contribution in [3.05, 3.63) is 0 Å². The number of esters is 1. The fourth-order valence-corrected chi connectivity index (χ4v) is 1.90. The molecule has 1 saturated heterocycles. The molecule has 0 radical (unpaired) electrons. The van der Waals surface area contributed by atoms with Crippen LogP contribution in [0, 0.1) is 0 Å². The Balaban J connectivity index is 2.38. The summed E-state index contributed by atoms with van der Waals surface area (Å²) < 4.78 is 10.2. The second-order valence-electron chi connectivity index (χ2n) is 4.03. The summed E-state index contributed by atoms with van der Waals surface area (Å²) in [6.45, 7) is 6.68. The number of carbonyl (C=O) groups excluding carboxylic acids is 1. The zero-order chi connectivity index (χ0) is 11.3. The monoisotopic (exact) mass is 215 g/mol. The third-order valence-corrected chi connectivity index (χ3v) is 2.88. The summed E-state index contributed by atoms with van der Waals surface area (Å²) in [5.74, 6) is -0.135. The second kappa shape index (κ2) is 6.08. The molecule has 0 saturated carbocycles. The predicted molar refractivity (Wildman–Crippen MR) is 57.7 cm³/mol. The lowest BCUT2D eigenvalue weighted by Gasteiger charge is -2.38. The maximum Gasteiger partial charge on any atom is 0.306 e. The fraction of sp³-hybridized carbons (Fsp3) is 0.909. The van der Waals surface area contributed by atoms with Gasteiger partial charge in [0.25, 0.3) is 0 Å². The van der Waals surface area contributed by atoms with E-state index in [-0.39, 0.29) is 12.1 Å². The van der Waals surface area contributed by atoms with Crippen molar-refractivity contribution in [3.63, 3.8) is 0 Å². The van der Waals surface area contributed by atoms with E-state index in [2.05, 4.69) is 23.5 Å². The van der Waals surface area contributed by atoms with Crippen LogP contribution in [0.15, 0.2) is 0 Å². The Morgan fingerprint density at radius 1 is 1.60 bits per heavy atom. The number of methoxy groups -OCH3 is 1. The minimum atomic E-state index is -0.135. The Morgan fingerprint density at radius 2 is 2.33 bits per heavy atom. The summed E-state index contributed by atoms with van der Waals surface area (Å²) in [5.41, 5.74) is 0. The molecule has 0 N–H and O–H groups in total. The first-order valence-electron chi connectivity index (χ1n) is 5.59. The maximum absolute atomic E-state index is 11.1. The van der Waals surface area contributed by atoms with Gasteiger partial charge in [-0.3, -0.25) is 9.69 Å². The van der Waals surface area contributed by atoms with E-state index in [1.165, 1.54) is 7.11 Å². The Labute approximate surface area is 91.5 Å². The molecule has 0 bridgehead atoms. The second-order valence-corrected chi connectivity index (χ2v) is 4.03. The summed E-state index contributed by atoms with van der Waals surface area (Å²) >= 11 is 0. The quantitative estimate of drug-likeness (QED) is 0.657. The maximum atomic E-state index is 11.1. The van der Waals surface area contributed by atoms with E-state index in [0.29, 0.717) is 12.5 Å². The van der Waals surface area contributed by atoms with Crippen LogP contribution in [0.1, 0.15) is 26.7 Å². The van der Waals surface area contributed by atoms with Crippen LogP contribution in [0.3, 0.4) is 0 Å². The highest BCUT2D eigenvalue weighted by atomic mass is 16.5. The van der Waals surface area contributed by atoms with Gasteiger partial charge in [-0.15, -0.1) is 0 Å². The smallest absolute Gasteiger partial charge is 0.306 e. The molecule has 1 aliphatic rings. The fourth-order valence-electron chi connectivity index (χ4n) is 1.90. The van der Waals surface area contributed by atoms with Crippen LogP contribution in [-0.2, 0) is 14.3 Å². The van der Waals surface area contributed by atoms with Crippen molar-refractivity contribution >= 4 is 5.97 Å². The van der Waals surface area contributed by atoms with Crippen LogP contribution in [0.4, 0.5) is 0 Å². The molecule has 1 heterocycles. The Hall–Kier alpha value is -0.610. The molecule has 0 aromatic carbocycles. The molecule has 0 aromatic rings. The number of hydrogen-bond donors (Lipinski definition) is 0. The van der Waals surface area contributed by atoms with Gasteiger partial charge in [-0.1, -0.05) is 6.92 Å². The molecule has 0 amide bonds. The zero-order valence-corrected chi connectivity index (χ0v) is 9.86. The summed E-state index contributed by atoms with van der Waals surface area (Å²) in [4.78, 5) is 13.4. The molecule has 1 rings (SSSR count). The lowest BCUT2D eigenvalue weighted by atomic mass is 10.1. The van der Waals surface area contributed by atoms with Gasteiger partial charge in [-0.25, -0.2) is 0 Å². The van der Waals surface area contributed by atoms with E-state index < -0.39 is 0 Å². The highest BCUT2D eigenvalue weighted by Gasteiger charge is 2.25. The van der Waals surface area contributed by atoms with Gasteiger partial charge in [0.1, 0.15) is 0 Å². The summed E-state index contributed by atoms with van der Waals surface area (Å²) in [7, 11) is 1.43. The van der Waals surface area contributed by atoms with Crippen LogP contribution in [-0.4, -0.2) is 49.8 Å². The predicted octanol–water partition coefficient (Wildman–Crippen LogP) is 1.05. The lowest BCUT2D eigenvalue weighted by Crippen LogP contribution is -2.49. The minimum absolute atomic E-state index is 0.135. The summed E-state index contributed by atoms with van der Waals surface area (Å²) in [6, 6.07) is 0.450. The van der Waals surface area contributed by atoms with Crippen molar-refractivity contribution in [2.75, 3.05) is 26.8 Å². The molecule has 88 valence electrons. The van der Waals surface area contributed by atoms with Gasteiger partial charge in [0, 0.05) is 19.1 Å². The van der Waals surface area contributed by atoms with E-state index in [1.54, 1.807) is 0 Å². The largest absolute Gasteiger partial charge is 0.469 e. The van der Waals surface area contributed by atoms with Crippen molar-refractivity contribution in [2.24, 2.45) is 0 Å². The van der Waals surface area contributed by atoms with Crippen LogP contribution >= 0.6 is 0 Å². The molecular formula is C11H21NO3. The van der Waals surface area contributed by atoms with Crippen LogP contribution < -0.4 is 0 Å². The normalized spacial score (nSPS) is 27.7. The van der Waals surface area contributed by atoms with Gasteiger partial charge in [-0.2, -0.15) is 0 Å². The standard InChI is InChI=1S/C11H21NO3/c1-4-10-8-15-9(2)7-12(10)6-5-11(13)14-3/h9-10H,4-8H2,1-3H3. The van der Waals surface area contributed by atoms with Gasteiger partial charge in [0.2, 0.25) is 0 Å². The molecule has 0 aromatic heterocycles. The summed E-state index contributed by atoms with van der Waals surface area (Å²) in [6.07, 6.45) is 1.80. The van der Waals surface area contributed by atoms with Crippen molar-refractivity contribution in [3.8, 4) is 0 Å². The average molecular weight is 215 g/mol. The van der Waals surface area contributed by atoms with Gasteiger partial charge in [0.15, 0.2) is 0 Å². The Morgan fingerprint density at radius 3 is 2.93 bits per heavy atom. The average Bonchev–Trinajstić information content (AvgIpc) is 2.26. The number of hydrogen-bond acceptors (Lipinski definition) is 4. The van der Waals surface area contributed by atoms with E-state index in [0.717, 1.165) is 26.1 Å². The van der Waals surface area contributed by atoms with Gasteiger partial charge >= 0.3 is 5.97 Å². The molecule has 2 unspecified atom stereocenters. The van der Waals surface area contributed by atoms with Crippen LogP contribution in [0.5, 0.6) is 0 Å². The van der Waals surface area contributed by atoms with E-state index in [1.807, 2.05) is 0 Å². The Kier molecular flexibility index (Phi) is 5.05. The Bertz CT molecular complexity index is 208. The van der Waals surface area contributed by atoms with E-state index in [9.17, 15) is 4.79 Å². The number of morpholine rings is 1. The molecule has 0 aliphatic carbocycles. The molecule has 4 heteroatoms. The van der Waals surface area contributed by atoms with Gasteiger partial charge < -0.3 is 9.47 Å². The van der Waals surface area contributed by atoms with Crippen LogP contribution in [0.25, 0.3) is 0 Å². The lowest BCUT2D eigenvalue weighted by molar-refractivity contribution is -0.141. The first-order chi connectivity index (χ1) is 7.17. The zero-order valence-electron chi connectivity index (χ0n) is 9.86. The van der Waals surface area contributed by atoms with E-state index >= 15 is 0 Å². The van der Waals surface area contributed by atoms with Gasteiger partial charge in [0.05, 0.1) is 26.2 Å². The third kappa shape index (κ3) is 3.80. The van der Waals surface area contributed by atoms with Crippen molar-refractivity contribution in [2.45, 2.75) is 38.8 Å². The summed E-state index contributed by atoms with van der Waals surface area (Å²) in [5, 5.41) is 0.